The van der Waals surface area contributed by atoms with Gasteiger partial charge in [-0.15, -0.1) is 12.4 Å². The van der Waals surface area contributed by atoms with Crippen LogP contribution in [0, 0.1) is 6.92 Å². The average Bonchev–Trinajstić information content (AvgIpc) is 2.89. The number of hydrogen-bond donors (Lipinski definition) is 7. The molecule has 2 aliphatic heterocycles. The third-order valence-corrected chi connectivity index (χ3v) is 7.29. The summed E-state index contributed by atoms with van der Waals surface area (Å²) >= 11 is 6.50. The van der Waals surface area contributed by atoms with Crippen molar-refractivity contribution in [2.24, 2.45) is 22.9 Å². The zero-order chi connectivity index (χ0) is 29.3. The van der Waals surface area contributed by atoms with Gasteiger partial charge in [0.15, 0.2) is 0 Å². The van der Waals surface area contributed by atoms with Gasteiger partial charge in [-0.1, -0.05) is 11.6 Å². The second kappa shape index (κ2) is 13.2. The third-order valence-electron chi connectivity index (χ3n) is 6.98. The van der Waals surface area contributed by atoms with E-state index in [1.165, 1.54) is 6.07 Å². The van der Waals surface area contributed by atoms with Crippen LogP contribution >= 0.6 is 24.0 Å². The van der Waals surface area contributed by atoms with Crippen molar-refractivity contribution in [2.75, 3.05) is 46.6 Å². The molecule has 4 atom stereocenters. The SMILES string of the molecule is Cc1ccc(C(=O)Nc2ccc(Nc3nc(N4C[C@H](N)C[C@H](N)C4)nc(N4C[C@H](N)C[C@H](N)C4)n3)cc2Cl)c(=O)[nH]1.Cl. The van der Waals surface area contributed by atoms with Crippen LogP contribution in [0.25, 0.3) is 0 Å². The van der Waals surface area contributed by atoms with Crippen molar-refractivity contribution in [1.29, 1.82) is 0 Å². The monoisotopic (exact) mass is 618 g/mol. The normalized spacial score (nSPS) is 22.3. The molecule has 0 spiro atoms. The number of H-pyrrole nitrogens is 1. The Morgan fingerprint density at radius 3 is 1.95 bits per heavy atom. The van der Waals surface area contributed by atoms with Crippen LogP contribution < -0.4 is 48.9 Å². The molecule has 5 rings (SSSR count). The number of nitrogens with one attached hydrogen (secondary N) is 3. The summed E-state index contributed by atoms with van der Waals surface area (Å²) < 4.78 is 0. The number of anilines is 5. The first-order valence-corrected chi connectivity index (χ1v) is 13.8. The lowest BCUT2D eigenvalue weighted by Crippen LogP contribution is -2.54. The van der Waals surface area contributed by atoms with E-state index in [0.717, 1.165) is 12.8 Å². The molecule has 0 saturated carbocycles. The Bertz CT molecular complexity index is 1420. The minimum absolute atomic E-state index is 0. The maximum atomic E-state index is 12.7. The van der Waals surface area contributed by atoms with Gasteiger partial charge in [0.05, 0.1) is 10.7 Å². The van der Waals surface area contributed by atoms with Crippen molar-refractivity contribution in [3.05, 3.63) is 57.0 Å². The van der Waals surface area contributed by atoms with E-state index in [-0.39, 0.29) is 53.1 Å². The van der Waals surface area contributed by atoms with Crippen LogP contribution in [0.2, 0.25) is 5.02 Å². The number of benzene rings is 1. The second-order valence-corrected chi connectivity index (χ2v) is 11.1. The predicted molar refractivity (Wildman–Crippen MR) is 167 cm³/mol. The Morgan fingerprint density at radius 1 is 0.905 bits per heavy atom. The van der Waals surface area contributed by atoms with Gasteiger partial charge in [-0.2, -0.15) is 15.0 Å². The third kappa shape index (κ3) is 7.45. The minimum Gasteiger partial charge on any atom is -0.338 e. The number of aromatic amines is 1. The first-order chi connectivity index (χ1) is 19.5. The van der Waals surface area contributed by atoms with Crippen molar-refractivity contribution < 1.29 is 4.79 Å². The largest absolute Gasteiger partial charge is 0.338 e. The van der Waals surface area contributed by atoms with E-state index in [9.17, 15) is 9.59 Å². The summed E-state index contributed by atoms with van der Waals surface area (Å²) in [4.78, 5) is 45.4. The lowest BCUT2D eigenvalue weighted by atomic mass is 10.0. The first-order valence-electron chi connectivity index (χ1n) is 13.4. The molecule has 16 heteroatoms. The highest BCUT2D eigenvalue weighted by atomic mass is 35.5. The molecule has 14 nitrogen and oxygen atoms in total. The number of rotatable bonds is 6. The number of nitrogens with two attached hydrogens (primary N) is 4. The van der Waals surface area contributed by atoms with Gasteiger partial charge in [0.25, 0.3) is 11.5 Å². The Labute approximate surface area is 254 Å². The average molecular weight is 620 g/mol. The van der Waals surface area contributed by atoms with Gasteiger partial charge < -0.3 is 48.4 Å². The summed E-state index contributed by atoms with van der Waals surface area (Å²) in [5, 5.41) is 6.11. The zero-order valence-corrected chi connectivity index (χ0v) is 24.7. The number of carbonyl (C=O) groups is 1. The summed E-state index contributed by atoms with van der Waals surface area (Å²) in [5.74, 6) is 0.587. The predicted octanol–water partition coefficient (Wildman–Crippen LogP) is 0.669. The lowest BCUT2D eigenvalue weighted by molar-refractivity contribution is 0.102. The molecule has 1 amide bonds. The van der Waals surface area contributed by atoms with Crippen LogP contribution in [-0.4, -0.2) is 76.2 Å². The quantitative estimate of drug-likeness (QED) is 0.202. The van der Waals surface area contributed by atoms with Gasteiger partial charge in [-0.3, -0.25) is 9.59 Å². The van der Waals surface area contributed by atoms with Crippen molar-refractivity contribution in [3.8, 4) is 0 Å². The topological polar surface area (TPSA) is 223 Å². The van der Waals surface area contributed by atoms with Crippen LogP contribution in [0.5, 0.6) is 0 Å². The van der Waals surface area contributed by atoms with Crippen LogP contribution in [0.4, 0.5) is 29.2 Å². The maximum absolute atomic E-state index is 12.7. The molecule has 3 aromatic rings. The Hall–Kier alpha value is -3.53. The van der Waals surface area contributed by atoms with Gasteiger partial charge in [0.1, 0.15) is 5.56 Å². The molecule has 0 radical (unpaired) electrons. The zero-order valence-electron chi connectivity index (χ0n) is 23.1. The second-order valence-electron chi connectivity index (χ2n) is 10.7. The number of hydrogen-bond acceptors (Lipinski definition) is 12. The Balaban J connectivity index is 0.00000405. The van der Waals surface area contributed by atoms with Crippen LogP contribution in [0.1, 0.15) is 28.9 Å². The van der Waals surface area contributed by atoms with Crippen LogP contribution in [0.3, 0.4) is 0 Å². The van der Waals surface area contributed by atoms with Crippen LogP contribution in [-0.2, 0) is 0 Å². The van der Waals surface area contributed by atoms with E-state index in [1.807, 2.05) is 9.80 Å². The Kier molecular flexibility index (Phi) is 9.86. The van der Waals surface area contributed by atoms with E-state index >= 15 is 0 Å². The first kappa shape index (κ1) is 31.4. The minimum atomic E-state index is -0.573. The molecule has 4 heterocycles. The number of halogens is 2. The number of carbonyl (C=O) groups excluding carboxylic acids is 1. The van der Waals surface area contributed by atoms with Crippen molar-refractivity contribution in [1.82, 2.24) is 19.9 Å². The fourth-order valence-electron chi connectivity index (χ4n) is 5.14. The fourth-order valence-corrected chi connectivity index (χ4v) is 5.37. The number of pyridine rings is 1. The maximum Gasteiger partial charge on any atom is 0.261 e. The van der Waals surface area contributed by atoms with Gasteiger partial charge >= 0.3 is 0 Å². The van der Waals surface area contributed by atoms with Gasteiger partial charge in [-0.05, 0) is 50.1 Å². The molecule has 11 N–H and O–H groups in total. The molecule has 0 unspecified atom stereocenters. The lowest BCUT2D eigenvalue weighted by Gasteiger charge is -2.37. The number of aryl methyl sites for hydroxylation is 1. The van der Waals surface area contributed by atoms with E-state index < -0.39 is 11.5 Å². The standard InChI is InChI=1S/C26H35ClN12O2.ClH/c1-13-2-4-19(22(40)32-13)23(41)34-21-5-3-18(8-20(21)27)33-24-35-25(38-9-14(28)6-15(29)10-38)37-26(36-24)39-11-16(30)7-17(31)12-39;/h2-5,8,14-17H,6-7,9-12,28-31H2,1H3,(H,32,40)(H,34,41)(H,33,35,36,37);1H/t14-,15+,16-,17+;. The highest BCUT2D eigenvalue weighted by Gasteiger charge is 2.29. The van der Waals surface area contributed by atoms with E-state index in [4.69, 9.17) is 39.5 Å². The van der Waals surface area contributed by atoms with Gasteiger partial charge in [0.2, 0.25) is 17.8 Å². The molecule has 0 bridgehead atoms. The number of nitrogens with zero attached hydrogens (tertiary/aromatic N) is 5. The summed E-state index contributed by atoms with van der Waals surface area (Å²) in [6, 6.07) is 7.65. The van der Waals surface area contributed by atoms with E-state index in [2.05, 4.69) is 25.6 Å². The molecule has 226 valence electrons. The van der Waals surface area contributed by atoms with Crippen molar-refractivity contribution >= 4 is 59.1 Å². The molecule has 42 heavy (non-hydrogen) atoms. The van der Waals surface area contributed by atoms with Gasteiger partial charge in [-0.25, -0.2) is 0 Å². The number of piperidine rings is 2. The summed E-state index contributed by atoms with van der Waals surface area (Å²) in [7, 11) is 0. The molecular weight excluding hydrogens is 583 g/mol. The van der Waals surface area contributed by atoms with Crippen molar-refractivity contribution in [3.63, 3.8) is 0 Å². The summed E-state index contributed by atoms with van der Waals surface area (Å²) in [6.07, 6.45) is 1.43. The molecule has 1 aromatic carbocycles. The number of amides is 1. The van der Waals surface area contributed by atoms with E-state index in [0.29, 0.717) is 55.1 Å². The highest BCUT2D eigenvalue weighted by molar-refractivity contribution is 6.34. The van der Waals surface area contributed by atoms with Crippen LogP contribution in [0.15, 0.2) is 35.1 Å². The van der Waals surface area contributed by atoms with E-state index in [1.54, 1.807) is 31.2 Å². The van der Waals surface area contributed by atoms with Gasteiger partial charge in [0, 0.05) is 61.7 Å². The molecule has 2 aromatic heterocycles. The summed E-state index contributed by atoms with van der Waals surface area (Å²) in [5.41, 5.74) is 26.0. The summed E-state index contributed by atoms with van der Waals surface area (Å²) in [6.45, 7) is 3.95. The number of aromatic nitrogens is 4. The molecule has 2 fully saturated rings. The Morgan fingerprint density at radius 2 is 1.45 bits per heavy atom. The molecule has 2 aliphatic rings. The molecular formula is C26H36Cl2N12O2. The van der Waals surface area contributed by atoms with Crippen molar-refractivity contribution in [2.45, 2.75) is 43.9 Å². The molecule has 0 aliphatic carbocycles. The highest BCUT2D eigenvalue weighted by Crippen LogP contribution is 2.29. The molecule has 2 saturated heterocycles. The fraction of sp³-hybridized carbons (Fsp3) is 0.423. The smallest absolute Gasteiger partial charge is 0.261 e.